The average Bonchev–Trinajstić information content (AvgIpc) is 1.96. The van der Waals surface area contributed by atoms with Crippen molar-refractivity contribution in [3.05, 3.63) is 12.4 Å². The molecular weight excluding hydrogens is 148 g/mol. The molecule has 0 aromatic heterocycles. The van der Waals surface area contributed by atoms with Crippen LogP contribution >= 0.6 is 0 Å². The first-order valence-corrected chi connectivity index (χ1v) is 4.44. The van der Waals surface area contributed by atoms with Gasteiger partial charge in [-0.05, 0) is 27.7 Å². The maximum Gasteiger partial charge on any atom is 0.0563 e. The first-order chi connectivity index (χ1) is 5.30. The van der Waals surface area contributed by atoms with Crippen molar-refractivity contribution < 1.29 is 0 Å². The highest BCUT2D eigenvalue weighted by molar-refractivity contribution is 5.10. The van der Waals surface area contributed by atoms with Gasteiger partial charge in [0.25, 0.3) is 0 Å². The standard InChI is InChI=1S/C10H20N2/c1-9(2)10(3,4)12(6)8-7-11(9)5/h7-8H,1-6H3. The van der Waals surface area contributed by atoms with Crippen LogP contribution in [0.15, 0.2) is 12.4 Å². The summed E-state index contributed by atoms with van der Waals surface area (Å²) in [5.74, 6) is 0. The van der Waals surface area contributed by atoms with E-state index < -0.39 is 0 Å². The summed E-state index contributed by atoms with van der Waals surface area (Å²) in [6.45, 7) is 9.08. The molecule has 0 spiro atoms. The van der Waals surface area contributed by atoms with E-state index >= 15 is 0 Å². The third kappa shape index (κ3) is 1.01. The second-order valence-corrected chi connectivity index (χ2v) is 4.64. The van der Waals surface area contributed by atoms with Gasteiger partial charge in [0.15, 0.2) is 0 Å². The third-order valence-electron chi connectivity index (χ3n) is 3.77. The molecule has 1 aliphatic rings. The molecule has 0 unspecified atom stereocenters. The van der Waals surface area contributed by atoms with Gasteiger partial charge in [0.1, 0.15) is 0 Å². The zero-order chi connectivity index (χ0) is 9.57. The molecule has 2 nitrogen and oxygen atoms in total. The SMILES string of the molecule is CN1C=CN(C)C(C)(C)C1(C)C. The first kappa shape index (κ1) is 9.43. The molecule has 0 aliphatic carbocycles. The Balaban J connectivity index is 3.07. The quantitative estimate of drug-likeness (QED) is 0.545. The minimum Gasteiger partial charge on any atom is -0.372 e. The Labute approximate surface area is 75.8 Å². The second-order valence-electron chi connectivity index (χ2n) is 4.64. The van der Waals surface area contributed by atoms with Crippen LogP contribution < -0.4 is 0 Å². The van der Waals surface area contributed by atoms with Crippen molar-refractivity contribution in [3.8, 4) is 0 Å². The average molecular weight is 168 g/mol. The van der Waals surface area contributed by atoms with E-state index in [0.29, 0.717) is 0 Å². The van der Waals surface area contributed by atoms with Crippen molar-refractivity contribution in [2.45, 2.75) is 38.8 Å². The minimum absolute atomic E-state index is 0.177. The molecule has 0 atom stereocenters. The molecular formula is C10H20N2. The smallest absolute Gasteiger partial charge is 0.0563 e. The summed E-state index contributed by atoms with van der Waals surface area (Å²) in [6, 6.07) is 0. The lowest BCUT2D eigenvalue weighted by molar-refractivity contribution is 0.0179. The zero-order valence-corrected chi connectivity index (χ0v) is 9.05. The van der Waals surface area contributed by atoms with Crippen LogP contribution in [0.1, 0.15) is 27.7 Å². The highest BCUT2D eigenvalue weighted by atomic mass is 15.3. The van der Waals surface area contributed by atoms with E-state index in [2.05, 4.69) is 64.0 Å². The summed E-state index contributed by atoms with van der Waals surface area (Å²) >= 11 is 0. The summed E-state index contributed by atoms with van der Waals surface area (Å²) < 4.78 is 0. The molecule has 0 aromatic carbocycles. The Bertz CT molecular complexity index is 182. The largest absolute Gasteiger partial charge is 0.372 e. The van der Waals surface area contributed by atoms with Crippen molar-refractivity contribution in [1.82, 2.24) is 9.80 Å². The molecule has 0 amide bonds. The van der Waals surface area contributed by atoms with Gasteiger partial charge in [0.2, 0.25) is 0 Å². The maximum atomic E-state index is 2.27. The van der Waals surface area contributed by atoms with Crippen LogP contribution in [0.2, 0.25) is 0 Å². The molecule has 0 saturated carbocycles. The molecule has 70 valence electrons. The fourth-order valence-electron chi connectivity index (χ4n) is 1.44. The van der Waals surface area contributed by atoms with Crippen molar-refractivity contribution in [2.24, 2.45) is 0 Å². The third-order valence-corrected chi connectivity index (χ3v) is 3.77. The fourth-order valence-corrected chi connectivity index (χ4v) is 1.44. The predicted octanol–water partition coefficient (Wildman–Crippen LogP) is 1.89. The Kier molecular flexibility index (Phi) is 1.89. The van der Waals surface area contributed by atoms with E-state index in [1.54, 1.807) is 0 Å². The van der Waals surface area contributed by atoms with E-state index in [1.807, 2.05) is 0 Å². The van der Waals surface area contributed by atoms with Gasteiger partial charge in [-0.3, -0.25) is 0 Å². The lowest BCUT2D eigenvalue weighted by atomic mass is 9.79. The Hall–Kier alpha value is -0.660. The molecule has 1 aliphatic heterocycles. The van der Waals surface area contributed by atoms with E-state index in [-0.39, 0.29) is 11.1 Å². The maximum absolute atomic E-state index is 2.27. The van der Waals surface area contributed by atoms with Gasteiger partial charge in [0.05, 0.1) is 11.1 Å². The van der Waals surface area contributed by atoms with Gasteiger partial charge in [-0.25, -0.2) is 0 Å². The van der Waals surface area contributed by atoms with Crippen LogP contribution in [0.3, 0.4) is 0 Å². The van der Waals surface area contributed by atoms with Crippen LogP contribution in [0.5, 0.6) is 0 Å². The summed E-state index contributed by atoms with van der Waals surface area (Å²) in [6.07, 6.45) is 4.26. The van der Waals surface area contributed by atoms with Crippen molar-refractivity contribution in [3.63, 3.8) is 0 Å². The molecule has 2 heteroatoms. The molecule has 0 bridgehead atoms. The van der Waals surface area contributed by atoms with Crippen LogP contribution in [0, 0.1) is 0 Å². The van der Waals surface area contributed by atoms with Gasteiger partial charge in [0, 0.05) is 26.5 Å². The molecule has 0 saturated heterocycles. The van der Waals surface area contributed by atoms with Gasteiger partial charge >= 0.3 is 0 Å². The summed E-state index contributed by atoms with van der Waals surface area (Å²) in [7, 11) is 4.26. The molecule has 0 radical (unpaired) electrons. The summed E-state index contributed by atoms with van der Waals surface area (Å²) in [5.41, 5.74) is 0.354. The Morgan fingerprint density at radius 1 is 0.750 bits per heavy atom. The Morgan fingerprint density at radius 3 is 1.25 bits per heavy atom. The van der Waals surface area contributed by atoms with E-state index in [4.69, 9.17) is 0 Å². The number of nitrogens with zero attached hydrogens (tertiary/aromatic N) is 2. The topological polar surface area (TPSA) is 6.48 Å². The fraction of sp³-hybridized carbons (Fsp3) is 0.800. The van der Waals surface area contributed by atoms with Crippen LogP contribution in [0.4, 0.5) is 0 Å². The zero-order valence-electron chi connectivity index (χ0n) is 9.05. The predicted molar refractivity (Wildman–Crippen MR) is 52.8 cm³/mol. The number of likely N-dealkylation sites (N-methyl/N-ethyl adjacent to an activating group) is 2. The second kappa shape index (κ2) is 2.41. The van der Waals surface area contributed by atoms with Crippen molar-refractivity contribution >= 4 is 0 Å². The highest BCUT2D eigenvalue weighted by Gasteiger charge is 2.43. The summed E-state index contributed by atoms with van der Waals surface area (Å²) in [4.78, 5) is 4.54. The molecule has 12 heavy (non-hydrogen) atoms. The van der Waals surface area contributed by atoms with Crippen molar-refractivity contribution in [2.75, 3.05) is 14.1 Å². The van der Waals surface area contributed by atoms with Crippen molar-refractivity contribution in [1.29, 1.82) is 0 Å². The van der Waals surface area contributed by atoms with Gasteiger partial charge in [-0.15, -0.1) is 0 Å². The normalized spacial score (nSPS) is 26.2. The van der Waals surface area contributed by atoms with E-state index in [1.165, 1.54) is 0 Å². The minimum atomic E-state index is 0.177. The first-order valence-electron chi connectivity index (χ1n) is 4.44. The number of rotatable bonds is 0. The highest BCUT2D eigenvalue weighted by Crippen LogP contribution is 2.34. The molecule has 1 rings (SSSR count). The summed E-state index contributed by atoms with van der Waals surface area (Å²) in [5, 5.41) is 0. The molecule has 0 fully saturated rings. The molecule has 0 N–H and O–H groups in total. The lowest BCUT2D eigenvalue weighted by Crippen LogP contribution is -2.63. The van der Waals surface area contributed by atoms with Crippen LogP contribution in [-0.4, -0.2) is 35.0 Å². The number of hydrogen-bond acceptors (Lipinski definition) is 2. The van der Waals surface area contributed by atoms with Gasteiger partial charge < -0.3 is 9.80 Å². The van der Waals surface area contributed by atoms with Crippen LogP contribution in [0.25, 0.3) is 0 Å². The van der Waals surface area contributed by atoms with E-state index in [9.17, 15) is 0 Å². The van der Waals surface area contributed by atoms with Crippen LogP contribution in [-0.2, 0) is 0 Å². The Morgan fingerprint density at radius 2 is 1.00 bits per heavy atom. The molecule has 0 aromatic rings. The monoisotopic (exact) mass is 168 g/mol. The van der Waals surface area contributed by atoms with Gasteiger partial charge in [-0.2, -0.15) is 0 Å². The lowest BCUT2D eigenvalue weighted by Gasteiger charge is -2.54. The molecule has 1 heterocycles. The van der Waals surface area contributed by atoms with Gasteiger partial charge in [-0.1, -0.05) is 0 Å². The number of hydrogen-bond donors (Lipinski definition) is 0. The van der Waals surface area contributed by atoms with E-state index in [0.717, 1.165) is 0 Å².